The zero-order valence-electron chi connectivity index (χ0n) is 13.2. The monoisotopic (exact) mass is 309 g/mol. The number of hydrazone groups is 1. The molecular weight excluding hydrogens is 290 g/mol. The van der Waals surface area contributed by atoms with Crippen molar-refractivity contribution in [2.45, 2.75) is 13.8 Å². The van der Waals surface area contributed by atoms with E-state index in [9.17, 15) is 0 Å². The molecule has 3 aromatic rings. The summed E-state index contributed by atoms with van der Waals surface area (Å²) in [5.74, 6) is 1.56. The summed E-state index contributed by atoms with van der Waals surface area (Å²) in [7, 11) is 0. The Morgan fingerprint density at radius 1 is 1.30 bits per heavy atom. The van der Waals surface area contributed by atoms with Gasteiger partial charge in [0.2, 0.25) is 0 Å². The predicted molar refractivity (Wildman–Crippen MR) is 92.9 cm³/mol. The van der Waals surface area contributed by atoms with Gasteiger partial charge in [0.15, 0.2) is 5.82 Å². The average molecular weight is 309 g/mol. The second-order valence-corrected chi connectivity index (χ2v) is 4.97. The molecule has 2 N–H and O–H groups in total. The van der Waals surface area contributed by atoms with Crippen molar-refractivity contribution in [3.63, 3.8) is 0 Å². The van der Waals surface area contributed by atoms with Crippen LogP contribution in [0.15, 0.2) is 42.2 Å². The first-order chi connectivity index (χ1) is 11.3. The van der Waals surface area contributed by atoms with Crippen molar-refractivity contribution in [3.05, 3.63) is 42.6 Å². The maximum absolute atomic E-state index is 4.29. The lowest BCUT2D eigenvalue weighted by Gasteiger charge is -2.19. The molecule has 23 heavy (non-hydrogen) atoms. The number of fused-ring (bicyclic) bond motifs is 1. The molecule has 0 radical (unpaired) electrons. The smallest absolute Gasteiger partial charge is 0.151 e. The van der Waals surface area contributed by atoms with Gasteiger partial charge in [0.05, 0.1) is 17.9 Å². The van der Waals surface area contributed by atoms with E-state index >= 15 is 0 Å². The van der Waals surface area contributed by atoms with Crippen LogP contribution >= 0.6 is 0 Å². The molecule has 7 heteroatoms. The topological polar surface area (TPSA) is 82.1 Å². The fourth-order valence-corrected chi connectivity index (χ4v) is 2.40. The van der Waals surface area contributed by atoms with Gasteiger partial charge in [-0.15, -0.1) is 0 Å². The van der Waals surface area contributed by atoms with Gasteiger partial charge in [-0.05, 0) is 19.9 Å². The van der Waals surface area contributed by atoms with E-state index in [-0.39, 0.29) is 0 Å². The minimum Gasteiger partial charge on any atom is -0.359 e. The van der Waals surface area contributed by atoms with Gasteiger partial charge in [0.1, 0.15) is 12.1 Å². The molecule has 0 aliphatic heterocycles. The van der Waals surface area contributed by atoms with Gasteiger partial charge in [0.25, 0.3) is 0 Å². The molecule has 3 rings (SSSR count). The number of aromatic amines is 1. The molecule has 7 nitrogen and oxygen atoms in total. The molecule has 0 aromatic carbocycles. The third-order valence-corrected chi connectivity index (χ3v) is 3.64. The summed E-state index contributed by atoms with van der Waals surface area (Å²) >= 11 is 0. The van der Waals surface area contributed by atoms with Crippen LogP contribution in [0, 0.1) is 0 Å². The minimum atomic E-state index is 0.666. The molecule has 0 amide bonds. The Morgan fingerprint density at radius 2 is 2.17 bits per heavy atom. The first-order valence-corrected chi connectivity index (χ1v) is 7.59. The Morgan fingerprint density at radius 3 is 3.00 bits per heavy atom. The van der Waals surface area contributed by atoms with E-state index in [0.29, 0.717) is 5.82 Å². The second-order valence-electron chi connectivity index (χ2n) is 4.97. The van der Waals surface area contributed by atoms with Gasteiger partial charge in [-0.1, -0.05) is 0 Å². The van der Waals surface area contributed by atoms with Gasteiger partial charge in [-0.2, -0.15) is 5.10 Å². The molecule has 0 saturated heterocycles. The highest BCUT2D eigenvalue weighted by Crippen LogP contribution is 2.15. The molecule has 0 atom stereocenters. The fourth-order valence-electron chi connectivity index (χ4n) is 2.40. The molecule has 0 aliphatic carbocycles. The van der Waals surface area contributed by atoms with E-state index in [1.165, 1.54) is 0 Å². The zero-order valence-corrected chi connectivity index (χ0v) is 13.2. The Hall–Kier alpha value is -2.96. The number of hydrogen-bond acceptors (Lipinski definition) is 6. The lowest BCUT2D eigenvalue weighted by atomic mass is 10.2. The van der Waals surface area contributed by atoms with Crippen molar-refractivity contribution < 1.29 is 0 Å². The zero-order chi connectivity index (χ0) is 16.1. The molecule has 0 unspecified atom stereocenters. The Kier molecular flexibility index (Phi) is 4.46. The third-order valence-electron chi connectivity index (χ3n) is 3.64. The SMILES string of the molecule is CCN(CC)c1cc(N/N=C/c2c[nH]c3cnccc23)ncn1. The first-order valence-electron chi connectivity index (χ1n) is 7.59. The van der Waals surface area contributed by atoms with E-state index in [2.05, 4.69) is 49.2 Å². The van der Waals surface area contributed by atoms with Crippen LogP contribution in [0.3, 0.4) is 0 Å². The standard InChI is InChI=1S/C16H19N7/c1-3-23(4-2)16-7-15(19-11-20-16)22-21-9-12-8-18-14-10-17-6-5-13(12)14/h5-11,18H,3-4H2,1-2H3,(H,19,20,22)/b21-9+. The molecular formula is C16H19N7. The maximum Gasteiger partial charge on any atom is 0.151 e. The van der Waals surface area contributed by atoms with Crippen LogP contribution in [0.1, 0.15) is 19.4 Å². The van der Waals surface area contributed by atoms with Crippen LogP contribution in [0.4, 0.5) is 11.6 Å². The van der Waals surface area contributed by atoms with Crippen LogP contribution in [0.25, 0.3) is 10.9 Å². The van der Waals surface area contributed by atoms with E-state index in [4.69, 9.17) is 0 Å². The second kappa shape index (κ2) is 6.87. The van der Waals surface area contributed by atoms with Crippen LogP contribution in [-0.4, -0.2) is 39.2 Å². The van der Waals surface area contributed by atoms with E-state index in [0.717, 1.165) is 35.4 Å². The number of nitrogens with one attached hydrogen (secondary N) is 2. The summed E-state index contributed by atoms with van der Waals surface area (Å²) in [5.41, 5.74) is 4.93. The van der Waals surface area contributed by atoms with Crippen molar-refractivity contribution in [1.82, 2.24) is 19.9 Å². The van der Waals surface area contributed by atoms with Crippen LogP contribution in [0.5, 0.6) is 0 Å². The highest BCUT2D eigenvalue weighted by Gasteiger charge is 2.04. The van der Waals surface area contributed by atoms with Gasteiger partial charge >= 0.3 is 0 Å². The van der Waals surface area contributed by atoms with Crippen LogP contribution in [0.2, 0.25) is 0 Å². The maximum atomic E-state index is 4.29. The van der Waals surface area contributed by atoms with Crippen molar-refractivity contribution in [2.24, 2.45) is 5.10 Å². The first kappa shape index (κ1) is 15.0. The lowest BCUT2D eigenvalue weighted by molar-refractivity contribution is 0.841. The van der Waals surface area contributed by atoms with Gasteiger partial charge < -0.3 is 9.88 Å². The summed E-state index contributed by atoms with van der Waals surface area (Å²) < 4.78 is 0. The summed E-state index contributed by atoms with van der Waals surface area (Å²) in [6.07, 6.45) is 8.77. The van der Waals surface area contributed by atoms with Crippen LogP contribution < -0.4 is 10.3 Å². The highest BCUT2D eigenvalue weighted by molar-refractivity contribution is 5.98. The molecule has 118 valence electrons. The summed E-state index contributed by atoms with van der Waals surface area (Å²) in [5, 5.41) is 5.34. The Balaban J connectivity index is 1.74. The lowest BCUT2D eigenvalue weighted by Crippen LogP contribution is -2.23. The van der Waals surface area contributed by atoms with E-state index in [1.54, 1.807) is 24.9 Å². The normalized spacial score (nSPS) is 11.2. The third kappa shape index (κ3) is 3.28. The summed E-state index contributed by atoms with van der Waals surface area (Å²) in [6, 6.07) is 3.85. The molecule has 3 heterocycles. The largest absolute Gasteiger partial charge is 0.359 e. The molecule has 0 fully saturated rings. The van der Waals surface area contributed by atoms with E-state index < -0.39 is 0 Å². The van der Waals surface area contributed by atoms with Gasteiger partial charge in [-0.25, -0.2) is 9.97 Å². The average Bonchev–Trinajstić information content (AvgIpc) is 3.00. The van der Waals surface area contributed by atoms with Gasteiger partial charge in [0, 0.05) is 42.5 Å². The minimum absolute atomic E-state index is 0.666. The summed E-state index contributed by atoms with van der Waals surface area (Å²) in [6.45, 7) is 6.00. The number of anilines is 2. The van der Waals surface area contributed by atoms with E-state index in [1.807, 2.05) is 18.3 Å². The summed E-state index contributed by atoms with van der Waals surface area (Å²) in [4.78, 5) is 17.9. The molecule has 0 saturated carbocycles. The number of nitrogens with zero attached hydrogens (tertiary/aromatic N) is 5. The van der Waals surface area contributed by atoms with Crippen molar-refractivity contribution in [1.29, 1.82) is 0 Å². The fraction of sp³-hybridized carbons (Fsp3) is 0.250. The van der Waals surface area contributed by atoms with Crippen molar-refractivity contribution in [3.8, 4) is 0 Å². The van der Waals surface area contributed by atoms with Crippen molar-refractivity contribution >= 4 is 28.8 Å². The molecule has 0 aliphatic rings. The number of aromatic nitrogens is 4. The number of pyridine rings is 1. The molecule has 0 spiro atoms. The predicted octanol–water partition coefficient (Wildman–Crippen LogP) is 2.65. The van der Waals surface area contributed by atoms with Crippen LogP contribution in [-0.2, 0) is 0 Å². The van der Waals surface area contributed by atoms with Crippen molar-refractivity contribution in [2.75, 3.05) is 23.4 Å². The Bertz CT molecular complexity index is 805. The van der Waals surface area contributed by atoms with Gasteiger partial charge in [-0.3, -0.25) is 10.4 Å². The number of rotatable bonds is 6. The quantitative estimate of drug-likeness (QED) is 0.540. The number of hydrogen-bond donors (Lipinski definition) is 2. The highest BCUT2D eigenvalue weighted by atomic mass is 15.3. The number of H-pyrrole nitrogens is 1. The molecule has 3 aromatic heterocycles. The Labute approximate surface area is 134 Å². The molecule has 0 bridgehead atoms.